The van der Waals surface area contributed by atoms with E-state index in [1.165, 1.54) is 0 Å². The van der Waals surface area contributed by atoms with E-state index in [0.717, 1.165) is 24.3 Å². The van der Waals surface area contributed by atoms with Crippen LogP contribution in [-0.2, 0) is 9.84 Å². The third-order valence-corrected chi connectivity index (χ3v) is 5.18. The predicted molar refractivity (Wildman–Crippen MR) is 87.5 cm³/mol. The second kappa shape index (κ2) is 8.39. The Bertz CT molecular complexity index is 526. The fraction of sp³-hybridized carbons (Fsp3) is 0.625. The maximum Gasteiger partial charge on any atom is 0.152 e. The van der Waals surface area contributed by atoms with Gasteiger partial charge in [0.25, 0.3) is 0 Å². The maximum atomic E-state index is 12.3. The van der Waals surface area contributed by atoms with Crippen molar-refractivity contribution in [3.05, 3.63) is 29.8 Å². The van der Waals surface area contributed by atoms with Gasteiger partial charge in [0.15, 0.2) is 9.84 Å². The molecule has 120 valence electrons. The van der Waals surface area contributed by atoms with Gasteiger partial charge in [-0.2, -0.15) is 0 Å². The van der Waals surface area contributed by atoms with Crippen molar-refractivity contribution in [2.45, 2.75) is 33.2 Å². The normalized spacial score (nSPS) is 13.4. The van der Waals surface area contributed by atoms with Crippen molar-refractivity contribution in [2.24, 2.45) is 5.92 Å². The molecule has 0 fully saturated rings. The van der Waals surface area contributed by atoms with Crippen LogP contribution in [0.15, 0.2) is 24.3 Å². The van der Waals surface area contributed by atoms with E-state index in [1.807, 2.05) is 38.1 Å². The highest BCUT2D eigenvalue weighted by atomic mass is 32.2. The second-order valence-electron chi connectivity index (χ2n) is 5.72. The first-order valence-electron chi connectivity index (χ1n) is 7.46. The monoisotopic (exact) mass is 313 g/mol. The largest absolute Gasteiger partial charge is 0.496 e. The molecule has 0 aliphatic heterocycles. The molecule has 0 amide bonds. The zero-order valence-electron chi connectivity index (χ0n) is 13.4. The first-order valence-corrected chi connectivity index (χ1v) is 9.28. The summed E-state index contributed by atoms with van der Waals surface area (Å²) in [4.78, 5) is 0. The molecule has 0 aromatic heterocycles. The van der Waals surface area contributed by atoms with Gasteiger partial charge in [0, 0.05) is 11.6 Å². The molecule has 0 spiro atoms. The van der Waals surface area contributed by atoms with Crippen molar-refractivity contribution in [1.29, 1.82) is 0 Å². The van der Waals surface area contributed by atoms with E-state index in [2.05, 4.69) is 12.2 Å². The van der Waals surface area contributed by atoms with Gasteiger partial charge in [0.05, 0.1) is 18.6 Å². The molecule has 1 aromatic carbocycles. The van der Waals surface area contributed by atoms with Crippen LogP contribution in [0.1, 0.15) is 38.8 Å². The van der Waals surface area contributed by atoms with Gasteiger partial charge in [-0.05, 0) is 24.9 Å². The van der Waals surface area contributed by atoms with Crippen LogP contribution in [0.2, 0.25) is 0 Å². The molecule has 21 heavy (non-hydrogen) atoms. The molecule has 5 heteroatoms. The van der Waals surface area contributed by atoms with Crippen LogP contribution in [0.4, 0.5) is 0 Å². The summed E-state index contributed by atoms with van der Waals surface area (Å²) in [6.45, 7) is 6.69. The number of sulfone groups is 1. The molecular formula is C16H27NO3S. The Hall–Kier alpha value is -1.07. The van der Waals surface area contributed by atoms with Gasteiger partial charge in [0.2, 0.25) is 0 Å². The Morgan fingerprint density at radius 2 is 1.86 bits per heavy atom. The average Bonchev–Trinajstić information content (AvgIpc) is 2.41. The topological polar surface area (TPSA) is 55.4 Å². The lowest BCUT2D eigenvalue weighted by Gasteiger charge is -2.21. The standard InChI is InChI=1S/C16H27NO3S/c1-5-10-17-15(12-21(18,19)11-13(2)3)14-8-6-7-9-16(14)20-4/h6-9,13,15,17H,5,10-12H2,1-4H3. The van der Waals surface area contributed by atoms with Crippen LogP contribution in [0.3, 0.4) is 0 Å². The van der Waals surface area contributed by atoms with Gasteiger partial charge in [-0.3, -0.25) is 0 Å². The highest BCUT2D eigenvalue weighted by Crippen LogP contribution is 2.26. The predicted octanol–water partition coefficient (Wildman–Crippen LogP) is 2.81. The van der Waals surface area contributed by atoms with Crippen LogP contribution in [0.5, 0.6) is 5.75 Å². The first kappa shape index (κ1) is 18.0. The molecule has 1 N–H and O–H groups in total. The SMILES string of the molecule is CCCNC(CS(=O)(=O)CC(C)C)c1ccccc1OC. The minimum atomic E-state index is -3.10. The number of methoxy groups -OCH3 is 1. The van der Waals surface area contributed by atoms with Gasteiger partial charge in [-0.1, -0.05) is 39.0 Å². The number of hydrogen-bond donors (Lipinski definition) is 1. The molecule has 0 heterocycles. The molecule has 1 aromatic rings. The molecule has 1 rings (SSSR count). The van der Waals surface area contributed by atoms with Crippen LogP contribution in [0.25, 0.3) is 0 Å². The lowest BCUT2D eigenvalue weighted by Crippen LogP contribution is -2.31. The summed E-state index contributed by atoms with van der Waals surface area (Å²) >= 11 is 0. The molecule has 0 saturated carbocycles. The molecule has 1 atom stereocenters. The molecule has 4 nitrogen and oxygen atoms in total. The number of hydrogen-bond acceptors (Lipinski definition) is 4. The minimum Gasteiger partial charge on any atom is -0.496 e. The quantitative estimate of drug-likeness (QED) is 0.761. The van der Waals surface area contributed by atoms with Gasteiger partial charge < -0.3 is 10.1 Å². The summed E-state index contributed by atoms with van der Waals surface area (Å²) in [5, 5.41) is 3.33. The van der Waals surface area contributed by atoms with Crippen molar-refractivity contribution in [3.8, 4) is 5.75 Å². The van der Waals surface area contributed by atoms with Gasteiger partial charge >= 0.3 is 0 Å². The maximum absolute atomic E-state index is 12.3. The summed E-state index contributed by atoms with van der Waals surface area (Å²) in [5.41, 5.74) is 0.904. The third kappa shape index (κ3) is 6.06. The molecule has 0 bridgehead atoms. The van der Waals surface area contributed by atoms with Crippen molar-refractivity contribution >= 4 is 9.84 Å². The lowest BCUT2D eigenvalue weighted by molar-refractivity contribution is 0.401. The van der Waals surface area contributed by atoms with Gasteiger partial charge in [-0.15, -0.1) is 0 Å². The Morgan fingerprint density at radius 3 is 2.43 bits per heavy atom. The van der Waals surface area contributed by atoms with Crippen molar-refractivity contribution in [3.63, 3.8) is 0 Å². The summed E-state index contributed by atoms with van der Waals surface area (Å²) in [6.07, 6.45) is 0.954. The zero-order chi connectivity index (χ0) is 15.9. The number of nitrogens with one attached hydrogen (secondary N) is 1. The van der Waals surface area contributed by atoms with Crippen LogP contribution in [0, 0.1) is 5.92 Å². The smallest absolute Gasteiger partial charge is 0.152 e. The molecule has 1 unspecified atom stereocenters. The highest BCUT2D eigenvalue weighted by molar-refractivity contribution is 7.91. The fourth-order valence-corrected chi connectivity index (χ4v) is 4.32. The van der Waals surface area contributed by atoms with E-state index < -0.39 is 9.84 Å². The molecule has 0 aliphatic carbocycles. The molecule has 0 saturated heterocycles. The summed E-state index contributed by atoms with van der Waals surface area (Å²) in [7, 11) is -1.49. The Labute approximate surface area is 128 Å². The van der Waals surface area contributed by atoms with Crippen molar-refractivity contribution < 1.29 is 13.2 Å². The average molecular weight is 313 g/mol. The Morgan fingerprint density at radius 1 is 1.19 bits per heavy atom. The fourth-order valence-electron chi connectivity index (χ4n) is 2.36. The van der Waals surface area contributed by atoms with Crippen molar-refractivity contribution in [1.82, 2.24) is 5.32 Å². The number of para-hydroxylation sites is 1. The zero-order valence-corrected chi connectivity index (χ0v) is 14.2. The van der Waals surface area contributed by atoms with E-state index in [9.17, 15) is 8.42 Å². The first-order chi connectivity index (χ1) is 9.89. The van der Waals surface area contributed by atoms with Crippen LogP contribution >= 0.6 is 0 Å². The van der Waals surface area contributed by atoms with Gasteiger partial charge in [-0.25, -0.2) is 8.42 Å². The van der Waals surface area contributed by atoms with E-state index in [0.29, 0.717) is 0 Å². The Balaban J connectivity index is 3.00. The Kier molecular flexibility index (Phi) is 7.18. The minimum absolute atomic E-state index is 0.103. The van der Waals surface area contributed by atoms with Crippen molar-refractivity contribution in [2.75, 3.05) is 25.2 Å². The van der Waals surface area contributed by atoms with E-state index >= 15 is 0 Å². The summed E-state index contributed by atoms with van der Waals surface area (Å²) < 4.78 is 30.0. The summed E-state index contributed by atoms with van der Waals surface area (Å²) in [5.74, 6) is 1.18. The van der Waals surface area contributed by atoms with E-state index in [4.69, 9.17) is 4.74 Å². The van der Waals surface area contributed by atoms with Crippen LogP contribution < -0.4 is 10.1 Å². The van der Waals surface area contributed by atoms with Gasteiger partial charge in [0.1, 0.15) is 5.75 Å². The molecule has 0 aliphatic rings. The summed E-state index contributed by atoms with van der Waals surface area (Å²) in [6, 6.07) is 7.36. The number of ether oxygens (including phenoxy) is 1. The van der Waals surface area contributed by atoms with Crippen LogP contribution in [-0.4, -0.2) is 33.6 Å². The third-order valence-electron chi connectivity index (χ3n) is 3.16. The lowest BCUT2D eigenvalue weighted by atomic mass is 10.1. The molecular weight excluding hydrogens is 286 g/mol. The van der Waals surface area contributed by atoms with E-state index in [-0.39, 0.29) is 23.5 Å². The number of rotatable bonds is 9. The molecule has 0 radical (unpaired) electrons. The second-order valence-corrected chi connectivity index (χ2v) is 7.87. The number of benzene rings is 1. The van der Waals surface area contributed by atoms with E-state index in [1.54, 1.807) is 7.11 Å². The highest BCUT2D eigenvalue weighted by Gasteiger charge is 2.23.